The number of sulfone groups is 1. The summed E-state index contributed by atoms with van der Waals surface area (Å²) in [5, 5.41) is 3.22. The van der Waals surface area contributed by atoms with Crippen LogP contribution in [-0.4, -0.2) is 47.2 Å². The van der Waals surface area contributed by atoms with Crippen molar-refractivity contribution in [3.05, 3.63) is 22.1 Å². The highest BCUT2D eigenvalue weighted by Crippen LogP contribution is 2.20. The molecule has 0 aliphatic carbocycles. The van der Waals surface area contributed by atoms with Gasteiger partial charge in [0.2, 0.25) is 0 Å². The molecule has 0 saturated carbocycles. The second-order valence-corrected chi connectivity index (χ2v) is 8.12. The number of carbonyl (C=O) groups is 1. The zero-order chi connectivity index (χ0) is 14.3. The molecule has 0 spiro atoms. The lowest BCUT2D eigenvalue weighted by Gasteiger charge is -2.11. The van der Waals surface area contributed by atoms with Crippen molar-refractivity contribution in [1.29, 1.82) is 0 Å². The minimum Gasteiger partial charge on any atom is -0.348 e. The number of nitrogens with one attached hydrogen (secondary N) is 1. The van der Waals surface area contributed by atoms with Crippen LogP contribution >= 0.6 is 11.8 Å². The molecule has 3 heterocycles. The van der Waals surface area contributed by atoms with Gasteiger partial charge in [0.25, 0.3) is 11.5 Å². The molecular formula is C11H13N3O4S2. The maximum absolute atomic E-state index is 12.1. The molecule has 1 saturated heterocycles. The van der Waals surface area contributed by atoms with Crippen molar-refractivity contribution in [3.63, 3.8) is 0 Å². The lowest BCUT2D eigenvalue weighted by molar-refractivity contribution is 0.0938. The number of carbonyl (C=O) groups excluding carboxylic acids is 1. The third kappa shape index (κ3) is 2.47. The van der Waals surface area contributed by atoms with E-state index in [1.165, 1.54) is 22.5 Å². The second-order valence-electron chi connectivity index (χ2n) is 4.83. The van der Waals surface area contributed by atoms with E-state index in [-0.39, 0.29) is 22.6 Å². The Morgan fingerprint density at radius 2 is 2.30 bits per heavy atom. The Balaban J connectivity index is 1.80. The highest BCUT2D eigenvalue weighted by Gasteiger charge is 2.30. The van der Waals surface area contributed by atoms with E-state index in [2.05, 4.69) is 10.3 Å². The van der Waals surface area contributed by atoms with Gasteiger partial charge in [-0.3, -0.25) is 14.2 Å². The monoisotopic (exact) mass is 315 g/mol. The maximum Gasteiger partial charge on any atom is 0.267 e. The van der Waals surface area contributed by atoms with Crippen LogP contribution in [0, 0.1) is 0 Å². The average molecular weight is 315 g/mol. The molecule has 1 amide bonds. The van der Waals surface area contributed by atoms with Gasteiger partial charge in [-0.25, -0.2) is 13.4 Å². The summed E-state index contributed by atoms with van der Waals surface area (Å²) in [7, 11) is -3.06. The van der Waals surface area contributed by atoms with Gasteiger partial charge >= 0.3 is 0 Å². The number of aromatic nitrogens is 2. The summed E-state index contributed by atoms with van der Waals surface area (Å²) >= 11 is 1.48. The van der Waals surface area contributed by atoms with Crippen LogP contribution in [0.25, 0.3) is 0 Å². The Morgan fingerprint density at radius 3 is 3.00 bits per heavy atom. The van der Waals surface area contributed by atoms with E-state index in [4.69, 9.17) is 0 Å². The molecule has 0 bridgehead atoms. The van der Waals surface area contributed by atoms with E-state index in [9.17, 15) is 18.0 Å². The first-order valence-corrected chi connectivity index (χ1v) is 9.01. The normalized spacial score (nSPS) is 23.5. The molecule has 1 aromatic heterocycles. The van der Waals surface area contributed by atoms with Crippen molar-refractivity contribution >= 4 is 27.5 Å². The number of hydrogen-bond acceptors (Lipinski definition) is 6. The van der Waals surface area contributed by atoms with Crippen LogP contribution in [-0.2, 0) is 16.4 Å². The van der Waals surface area contributed by atoms with Crippen molar-refractivity contribution in [2.75, 3.05) is 17.3 Å². The highest BCUT2D eigenvalue weighted by atomic mass is 32.2. The van der Waals surface area contributed by atoms with Gasteiger partial charge in [-0.15, -0.1) is 0 Å². The highest BCUT2D eigenvalue weighted by molar-refractivity contribution is 7.99. The van der Waals surface area contributed by atoms with Gasteiger partial charge in [-0.1, -0.05) is 11.8 Å². The van der Waals surface area contributed by atoms with Gasteiger partial charge in [0, 0.05) is 24.5 Å². The fourth-order valence-electron chi connectivity index (χ4n) is 2.35. The summed E-state index contributed by atoms with van der Waals surface area (Å²) in [5.41, 5.74) is -0.390. The molecule has 0 aromatic carbocycles. The van der Waals surface area contributed by atoms with Gasteiger partial charge in [-0.05, 0) is 6.42 Å². The summed E-state index contributed by atoms with van der Waals surface area (Å²) < 4.78 is 24.2. The number of nitrogens with zero attached hydrogens (tertiary/aromatic N) is 2. The van der Waals surface area contributed by atoms with Gasteiger partial charge in [0.05, 0.1) is 11.5 Å². The summed E-state index contributed by atoms with van der Waals surface area (Å²) in [4.78, 5) is 28.3. The number of amides is 1. The molecule has 1 fully saturated rings. The number of rotatable bonds is 2. The molecule has 7 nitrogen and oxygen atoms in total. The van der Waals surface area contributed by atoms with Gasteiger partial charge in [0.1, 0.15) is 5.56 Å². The van der Waals surface area contributed by atoms with E-state index in [1.807, 2.05) is 0 Å². The predicted molar refractivity (Wildman–Crippen MR) is 73.7 cm³/mol. The Bertz CT molecular complexity index is 726. The van der Waals surface area contributed by atoms with Crippen LogP contribution in [0.3, 0.4) is 0 Å². The van der Waals surface area contributed by atoms with Gasteiger partial charge in [-0.2, -0.15) is 0 Å². The first-order chi connectivity index (χ1) is 9.46. The zero-order valence-corrected chi connectivity index (χ0v) is 12.2. The number of fused-ring (bicyclic) bond motifs is 1. The molecule has 2 aliphatic heterocycles. The Kier molecular flexibility index (Phi) is 3.33. The molecule has 0 unspecified atom stereocenters. The standard InChI is InChI=1S/C11H13N3O4S2/c15-9(13-7-1-4-20(17,18)6-7)8-5-12-11-14(10(8)16)2-3-19-11/h5,7H,1-4,6H2,(H,13,15)/t7-/m0/s1. The summed E-state index contributed by atoms with van der Waals surface area (Å²) in [6.07, 6.45) is 1.66. The predicted octanol–water partition coefficient (Wildman–Crippen LogP) is -0.734. The van der Waals surface area contributed by atoms with E-state index in [1.54, 1.807) is 0 Å². The van der Waals surface area contributed by atoms with Crippen LogP contribution in [0.2, 0.25) is 0 Å². The van der Waals surface area contributed by atoms with Crippen molar-refractivity contribution in [3.8, 4) is 0 Å². The topological polar surface area (TPSA) is 98.1 Å². The molecule has 0 radical (unpaired) electrons. The van der Waals surface area contributed by atoms with E-state index in [0.717, 1.165) is 5.75 Å². The molecule has 108 valence electrons. The smallest absolute Gasteiger partial charge is 0.267 e. The summed E-state index contributed by atoms with van der Waals surface area (Å²) in [6.45, 7) is 0.546. The molecule has 1 atom stereocenters. The van der Waals surface area contributed by atoms with Crippen molar-refractivity contribution in [1.82, 2.24) is 14.9 Å². The van der Waals surface area contributed by atoms with E-state index < -0.39 is 21.8 Å². The average Bonchev–Trinajstić information content (AvgIpc) is 2.96. The van der Waals surface area contributed by atoms with Crippen LogP contribution < -0.4 is 10.9 Å². The Labute approximate surface area is 119 Å². The first kappa shape index (κ1) is 13.6. The van der Waals surface area contributed by atoms with Crippen molar-refractivity contribution < 1.29 is 13.2 Å². The van der Waals surface area contributed by atoms with Gasteiger partial charge < -0.3 is 5.32 Å². The fourth-order valence-corrected chi connectivity index (χ4v) is 4.93. The third-order valence-electron chi connectivity index (χ3n) is 3.37. The summed E-state index contributed by atoms with van der Waals surface area (Å²) in [6, 6.07) is -0.417. The SMILES string of the molecule is O=C(N[C@H]1CCS(=O)(=O)C1)c1cnc2n(c1=O)CCS2. The van der Waals surface area contributed by atoms with E-state index >= 15 is 0 Å². The molecule has 3 rings (SSSR count). The minimum absolute atomic E-state index is 0.0273. The lowest BCUT2D eigenvalue weighted by Crippen LogP contribution is -2.39. The third-order valence-corrected chi connectivity index (χ3v) is 6.11. The minimum atomic E-state index is -3.06. The molecule has 2 aliphatic rings. The lowest BCUT2D eigenvalue weighted by atomic mass is 10.2. The molecule has 9 heteroatoms. The number of thioether (sulfide) groups is 1. The molecule has 1 aromatic rings. The fraction of sp³-hybridized carbons (Fsp3) is 0.545. The van der Waals surface area contributed by atoms with Crippen LogP contribution in [0.1, 0.15) is 16.8 Å². The zero-order valence-electron chi connectivity index (χ0n) is 10.5. The molecule has 20 heavy (non-hydrogen) atoms. The van der Waals surface area contributed by atoms with Crippen LogP contribution in [0.4, 0.5) is 0 Å². The first-order valence-electron chi connectivity index (χ1n) is 6.20. The molecule has 1 N–H and O–H groups in total. The molecular weight excluding hydrogens is 302 g/mol. The van der Waals surface area contributed by atoms with E-state index in [0.29, 0.717) is 18.1 Å². The van der Waals surface area contributed by atoms with Crippen LogP contribution in [0.15, 0.2) is 16.1 Å². The second kappa shape index (κ2) is 4.88. The summed E-state index contributed by atoms with van der Waals surface area (Å²) in [5.74, 6) is 0.246. The van der Waals surface area contributed by atoms with Crippen LogP contribution in [0.5, 0.6) is 0 Å². The van der Waals surface area contributed by atoms with Crippen molar-refractivity contribution in [2.24, 2.45) is 0 Å². The quantitative estimate of drug-likeness (QED) is 0.722. The largest absolute Gasteiger partial charge is 0.348 e. The van der Waals surface area contributed by atoms with Gasteiger partial charge in [0.15, 0.2) is 15.0 Å². The Morgan fingerprint density at radius 1 is 1.50 bits per heavy atom. The Hall–Kier alpha value is -1.35. The number of hydrogen-bond donors (Lipinski definition) is 1. The van der Waals surface area contributed by atoms with Crippen molar-refractivity contribution in [2.45, 2.75) is 24.2 Å². The maximum atomic E-state index is 12.1.